The zero-order valence-electron chi connectivity index (χ0n) is 54.6. The number of nitrogens with zero attached hydrogens (tertiary/aromatic N) is 12. The normalized spacial score (nSPS) is 26.2. The Labute approximate surface area is 496 Å². The quantitative estimate of drug-likeness (QED) is 0.156. The van der Waals surface area contributed by atoms with E-state index in [1.807, 2.05) is 13.8 Å². The first-order chi connectivity index (χ1) is 38.4. The summed E-state index contributed by atoms with van der Waals surface area (Å²) in [6.07, 6.45) is 0.804. The Balaban J connectivity index is 0.00000336. The summed E-state index contributed by atoms with van der Waals surface area (Å²) in [6, 6.07) is 44.9. The number of hydrogen-bond acceptors (Lipinski definition) is 10. The number of fused-ring (bicyclic) bond motifs is 8. The summed E-state index contributed by atoms with van der Waals surface area (Å²) in [5.74, 6) is 4.04. The molecule has 83 heavy (non-hydrogen) atoms. The highest BCUT2D eigenvalue weighted by Gasteiger charge is 2.72. The van der Waals surface area contributed by atoms with Crippen LogP contribution in [0.4, 0.5) is 34.6 Å². The van der Waals surface area contributed by atoms with Crippen molar-refractivity contribution in [2.45, 2.75) is 239 Å². The van der Waals surface area contributed by atoms with Crippen molar-refractivity contribution in [2.24, 2.45) is 9.98 Å². The van der Waals surface area contributed by atoms with Crippen molar-refractivity contribution in [1.82, 2.24) is 28.9 Å². The molecule has 2 aromatic heterocycles. The molecular formula is C71H94N12. The zero-order chi connectivity index (χ0) is 60.4. The molecule has 5 aromatic carbocycles. The summed E-state index contributed by atoms with van der Waals surface area (Å²) in [5.41, 5.74) is 7.49. The summed E-state index contributed by atoms with van der Waals surface area (Å²) in [6.45, 7) is 56.3. The third kappa shape index (κ3) is 6.81. The molecule has 0 radical (unpaired) electrons. The van der Waals surface area contributed by atoms with E-state index in [0.29, 0.717) is 0 Å². The lowest BCUT2D eigenvalue weighted by Gasteiger charge is -2.56. The smallest absolute Gasteiger partial charge is 0.212 e. The fourth-order valence-corrected chi connectivity index (χ4v) is 15.9. The van der Waals surface area contributed by atoms with Crippen molar-refractivity contribution in [3.63, 3.8) is 0 Å². The van der Waals surface area contributed by atoms with Crippen molar-refractivity contribution in [3.05, 3.63) is 121 Å². The largest absolute Gasteiger partial charge is 0.327 e. The van der Waals surface area contributed by atoms with Crippen LogP contribution < -0.4 is 19.6 Å². The number of aliphatic imine (C=N–C) groups is 2. The molecule has 0 spiro atoms. The van der Waals surface area contributed by atoms with E-state index in [1.165, 1.54) is 11.1 Å². The molecule has 6 aliphatic rings. The molecule has 438 valence electrons. The first kappa shape index (κ1) is 56.7. The summed E-state index contributed by atoms with van der Waals surface area (Å²) < 4.78 is 5.02. The molecule has 0 N–H and O–H groups in total. The van der Waals surface area contributed by atoms with Crippen molar-refractivity contribution >= 4 is 68.6 Å². The van der Waals surface area contributed by atoms with Crippen molar-refractivity contribution in [1.29, 1.82) is 0 Å². The zero-order valence-corrected chi connectivity index (χ0v) is 54.6. The number of hydrogen-bond donors (Lipinski definition) is 0. The van der Waals surface area contributed by atoms with Gasteiger partial charge in [0.15, 0.2) is 0 Å². The van der Waals surface area contributed by atoms with Gasteiger partial charge >= 0.3 is 0 Å². The molecule has 0 saturated carbocycles. The molecule has 12 heteroatoms. The average molecular weight is 1120 g/mol. The molecule has 2 unspecified atom stereocenters. The number of aromatic nitrogens is 4. The van der Waals surface area contributed by atoms with Gasteiger partial charge in [-0.1, -0.05) is 62.4 Å². The maximum Gasteiger partial charge on any atom is 0.212 e. The van der Waals surface area contributed by atoms with Crippen LogP contribution in [0.3, 0.4) is 0 Å². The second kappa shape index (κ2) is 17.0. The molecule has 2 saturated heterocycles. The van der Waals surface area contributed by atoms with E-state index in [2.05, 4.69) is 312 Å². The van der Waals surface area contributed by atoms with Crippen molar-refractivity contribution in [2.75, 3.05) is 19.6 Å². The first-order valence-electron chi connectivity index (χ1n) is 30.7. The van der Waals surface area contributed by atoms with Gasteiger partial charge in [0.25, 0.3) is 0 Å². The lowest BCUT2D eigenvalue weighted by atomic mass is 9.65. The monoisotopic (exact) mass is 1110 g/mol. The second-order valence-corrected chi connectivity index (χ2v) is 30.2. The van der Waals surface area contributed by atoms with Crippen LogP contribution in [0.1, 0.15) is 173 Å². The predicted molar refractivity (Wildman–Crippen MR) is 350 cm³/mol. The Morgan fingerprint density at radius 3 is 1.12 bits per heavy atom. The minimum absolute atomic E-state index is 0.139. The van der Waals surface area contributed by atoms with Gasteiger partial charge in [-0.2, -0.15) is 0 Å². The van der Waals surface area contributed by atoms with Gasteiger partial charge in [0.05, 0.1) is 88.5 Å². The predicted octanol–water partition coefficient (Wildman–Crippen LogP) is 16.7. The van der Waals surface area contributed by atoms with Gasteiger partial charge < -0.3 is 38.5 Å². The molecule has 0 aliphatic carbocycles. The third-order valence-corrected chi connectivity index (χ3v) is 23.8. The number of imidazole rings is 2. The van der Waals surface area contributed by atoms with Crippen LogP contribution in [0, 0.1) is 0 Å². The Kier molecular flexibility index (Phi) is 11.6. The molecule has 8 heterocycles. The molecule has 12 nitrogen and oxygen atoms in total. The third-order valence-electron chi connectivity index (χ3n) is 23.8. The standard InChI is InChI=1S/C69H88N12.C2H6/c1-58(2)60(5,6)80-56(72-58)76(64(13,14)65(80,15)16)46-35-31-44(32-36-46)45-33-37-47(38-34-45)77-57-73-59(3,4)61(7,8)81(57)69(22,67(77,19)20)43-68(21)66(17,18)75(55-71-51-28-24-26-30-53(51)79(55)68)49-41-39-48(40-42-49)74-54-70-50-27-23-25-29-52(50)78(54)63(11,12)62(74,9)10;1-2/h23-42H,43H2,1-22H3;1-2H3. The van der Waals surface area contributed by atoms with Gasteiger partial charge in [0.1, 0.15) is 0 Å². The minimum atomic E-state index is -0.482. The molecule has 0 bridgehead atoms. The van der Waals surface area contributed by atoms with Gasteiger partial charge in [-0.3, -0.25) is 0 Å². The Bertz CT molecular complexity index is 3820. The van der Waals surface area contributed by atoms with Crippen molar-refractivity contribution < 1.29 is 0 Å². The van der Waals surface area contributed by atoms with E-state index < -0.39 is 22.2 Å². The van der Waals surface area contributed by atoms with E-state index in [1.54, 1.807) is 0 Å². The number of para-hydroxylation sites is 4. The lowest BCUT2D eigenvalue weighted by molar-refractivity contribution is 0.000411. The first-order valence-corrected chi connectivity index (χ1v) is 30.7. The molecule has 7 aromatic rings. The van der Waals surface area contributed by atoms with E-state index in [-0.39, 0.29) is 44.3 Å². The summed E-state index contributed by atoms with van der Waals surface area (Å²) in [5, 5.41) is 0. The molecule has 2 fully saturated rings. The lowest BCUT2D eigenvalue weighted by Crippen LogP contribution is -2.68. The van der Waals surface area contributed by atoms with Crippen LogP contribution in [-0.2, 0) is 11.1 Å². The van der Waals surface area contributed by atoms with E-state index >= 15 is 0 Å². The van der Waals surface area contributed by atoms with E-state index in [9.17, 15) is 0 Å². The fraction of sp³-hybridized carbons (Fsp3) is 0.521. The Morgan fingerprint density at radius 1 is 0.313 bits per heavy atom. The maximum absolute atomic E-state index is 5.75. The van der Waals surface area contributed by atoms with E-state index in [0.717, 1.165) is 75.1 Å². The maximum atomic E-state index is 5.75. The number of rotatable bonds is 7. The SMILES string of the molecule is CC.CC1(C)N=C2N(c3ccc(-c4ccc(N5C6=NC(C)(C)C(C)(C)N6C(C)(CC6(C)n7c(nc8ccccc87)N(c7ccc(N8c9nc%10ccccc%10n9C(C)(C)C8(C)C)cc7)C6(C)C)C5(C)C)cc4)cc3)C(C)(C)C(C)(C)N2C1(C)C. The molecule has 0 amide bonds. The number of anilines is 6. The molecular weight excluding hydrogens is 1020 g/mol. The van der Waals surface area contributed by atoms with Gasteiger partial charge in [-0.15, -0.1) is 0 Å². The highest BCUT2D eigenvalue weighted by molar-refractivity contribution is 6.05. The van der Waals surface area contributed by atoms with Crippen LogP contribution >= 0.6 is 0 Å². The molecule has 6 aliphatic heterocycles. The average Bonchev–Trinajstić information content (AvgIpc) is 1.67. The number of benzene rings is 5. The van der Waals surface area contributed by atoms with Gasteiger partial charge in [0.2, 0.25) is 23.8 Å². The highest BCUT2D eigenvalue weighted by Crippen LogP contribution is 2.63. The van der Waals surface area contributed by atoms with Crippen LogP contribution in [-0.4, -0.2) is 96.2 Å². The minimum Gasteiger partial charge on any atom is -0.327 e. The summed E-state index contributed by atoms with van der Waals surface area (Å²) >= 11 is 0. The Hall–Kier alpha value is -6.82. The molecule has 2 atom stereocenters. The second-order valence-electron chi connectivity index (χ2n) is 30.2. The van der Waals surface area contributed by atoms with Gasteiger partial charge in [-0.25, -0.2) is 20.0 Å². The number of guanidine groups is 2. The van der Waals surface area contributed by atoms with Crippen molar-refractivity contribution in [3.8, 4) is 11.1 Å². The van der Waals surface area contributed by atoms with Crippen LogP contribution in [0.2, 0.25) is 0 Å². The summed E-state index contributed by atoms with van der Waals surface area (Å²) in [7, 11) is 0. The van der Waals surface area contributed by atoms with Gasteiger partial charge in [-0.05, 0) is 243 Å². The Morgan fingerprint density at radius 2 is 0.651 bits per heavy atom. The topological polar surface area (TPSA) is 79.8 Å². The van der Waals surface area contributed by atoms with Gasteiger partial charge in [0, 0.05) is 22.7 Å². The van der Waals surface area contributed by atoms with Crippen LogP contribution in [0.25, 0.3) is 33.2 Å². The fourth-order valence-electron chi connectivity index (χ4n) is 15.9. The van der Waals surface area contributed by atoms with Crippen LogP contribution in [0.15, 0.2) is 131 Å². The van der Waals surface area contributed by atoms with E-state index in [4.69, 9.17) is 20.0 Å². The van der Waals surface area contributed by atoms with Crippen LogP contribution in [0.5, 0.6) is 0 Å². The molecule has 13 rings (SSSR count). The highest BCUT2D eigenvalue weighted by atomic mass is 15.6. The summed E-state index contributed by atoms with van der Waals surface area (Å²) in [4.78, 5) is 37.3.